The Hall–Kier alpha value is -1.36. The molecule has 2 aliphatic carbocycles. The van der Waals surface area contributed by atoms with Gasteiger partial charge >= 0.3 is 5.97 Å². The van der Waals surface area contributed by atoms with Crippen LogP contribution in [0.3, 0.4) is 0 Å². The van der Waals surface area contributed by atoms with E-state index in [1.165, 1.54) is 44.1 Å². The number of hydrogen-bond acceptors (Lipinski definition) is 4. The van der Waals surface area contributed by atoms with Gasteiger partial charge in [0.1, 0.15) is 4.88 Å². The highest BCUT2D eigenvalue weighted by Crippen LogP contribution is 2.49. The van der Waals surface area contributed by atoms with E-state index in [1.54, 1.807) is 0 Å². The predicted octanol–water partition coefficient (Wildman–Crippen LogP) is 3.61. The molecule has 0 aromatic carbocycles. The Bertz CT molecular complexity index is 566. The minimum Gasteiger partial charge on any atom is -0.465 e. The zero-order valence-electron chi connectivity index (χ0n) is 12.5. The zero-order valence-corrected chi connectivity index (χ0v) is 13.3. The molecule has 2 fully saturated rings. The number of ether oxygens (including phenoxy) is 1. The number of hydrogen-bond donors (Lipinski definition) is 1. The normalized spacial score (nSPS) is 26.9. The van der Waals surface area contributed by atoms with Gasteiger partial charge in [-0.1, -0.05) is 6.42 Å². The van der Waals surface area contributed by atoms with Crippen LogP contribution >= 0.6 is 11.3 Å². The molecule has 1 N–H and O–H groups in total. The first-order chi connectivity index (χ1) is 10.1. The van der Waals surface area contributed by atoms with Gasteiger partial charge in [-0.05, 0) is 54.9 Å². The fourth-order valence-corrected chi connectivity index (χ4v) is 4.82. The van der Waals surface area contributed by atoms with Gasteiger partial charge in [0.25, 0.3) is 0 Å². The molecular formula is C16H21NO3S. The van der Waals surface area contributed by atoms with Gasteiger partial charge in [-0.2, -0.15) is 0 Å². The van der Waals surface area contributed by atoms with Crippen LogP contribution in [0.15, 0.2) is 5.38 Å². The molecule has 0 aliphatic heterocycles. The monoisotopic (exact) mass is 307 g/mol. The molecule has 1 aromatic heterocycles. The third kappa shape index (κ3) is 2.84. The Morgan fingerprint density at radius 2 is 2.19 bits per heavy atom. The van der Waals surface area contributed by atoms with Crippen LogP contribution in [0.5, 0.6) is 0 Å². The largest absolute Gasteiger partial charge is 0.465 e. The van der Waals surface area contributed by atoms with Crippen molar-refractivity contribution in [3.8, 4) is 0 Å². The minimum atomic E-state index is -0.386. The van der Waals surface area contributed by atoms with E-state index in [1.807, 2.05) is 12.3 Å². The fourth-order valence-electron chi connectivity index (χ4n) is 3.90. The van der Waals surface area contributed by atoms with Crippen LogP contribution in [0, 0.1) is 24.7 Å². The molecule has 2 aliphatic rings. The number of aryl methyl sites for hydroxylation is 1. The fraction of sp³-hybridized carbons (Fsp3) is 0.625. The van der Waals surface area contributed by atoms with Crippen LogP contribution in [0.1, 0.15) is 47.3 Å². The Balaban J connectivity index is 1.65. The van der Waals surface area contributed by atoms with Gasteiger partial charge in [0.15, 0.2) is 0 Å². The number of anilines is 1. The van der Waals surface area contributed by atoms with Crippen molar-refractivity contribution in [2.75, 3.05) is 12.4 Å². The second-order valence-electron chi connectivity index (χ2n) is 6.30. The van der Waals surface area contributed by atoms with Crippen molar-refractivity contribution >= 4 is 28.9 Å². The van der Waals surface area contributed by atoms with Crippen LogP contribution in [0.2, 0.25) is 0 Å². The van der Waals surface area contributed by atoms with Crippen molar-refractivity contribution in [2.45, 2.75) is 39.0 Å². The average molecular weight is 307 g/mol. The summed E-state index contributed by atoms with van der Waals surface area (Å²) >= 11 is 1.32. The van der Waals surface area contributed by atoms with Crippen molar-refractivity contribution in [3.63, 3.8) is 0 Å². The van der Waals surface area contributed by atoms with Gasteiger partial charge in [0.05, 0.1) is 12.8 Å². The van der Waals surface area contributed by atoms with Gasteiger partial charge in [0.2, 0.25) is 5.91 Å². The smallest absolute Gasteiger partial charge is 0.350 e. The van der Waals surface area contributed by atoms with Crippen LogP contribution in [-0.2, 0) is 9.53 Å². The summed E-state index contributed by atoms with van der Waals surface area (Å²) in [6.45, 7) is 1.90. The molecular weight excluding hydrogens is 286 g/mol. The van der Waals surface area contributed by atoms with Gasteiger partial charge in [-0.15, -0.1) is 11.3 Å². The number of thiophene rings is 1. The zero-order chi connectivity index (χ0) is 15.0. The molecule has 3 rings (SSSR count). The van der Waals surface area contributed by atoms with Crippen LogP contribution in [0.4, 0.5) is 5.69 Å². The first kappa shape index (κ1) is 14.6. The van der Waals surface area contributed by atoms with Crippen LogP contribution in [-0.4, -0.2) is 19.0 Å². The lowest BCUT2D eigenvalue weighted by Crippen LogP contribution is -2.21. The SMILES string of the molecule is COC(=O)c1scc(C)c1NC(=O)CC1CC2CCC1C2. The van der Waals surface area contributed by atoms with Crippen molar-refractivity contribution < 1.29 is 14.3 Å². The summed E-state index contributed by atoms with van der Waals surface area (Å²) in [4.78, 5) is 24.5. The maximum absolute atomic E-state index is 12.3. The molecule has 2 bridgehead atoms. The molecule has 21 heavy (non-hydrogen) atoms. The molecule has 5 heteroatoms. The first-order valence-corrected chi connectivity index (χ1v) is 8.42. The third-order valence-electron chi connectivity index (χ3n) is 4.94. The highest BCUT2D eigenvalue weighted by atomic mass is 32.1. The number of carbonyl (C=O) groups excluding carboxylic acids is 2. The van der Waals surface area contributed by atoms with Gasteiger partial charge in [0, 0.05) is 6.42 Å². The minimum absolute atomic E-state index is 0.0270. The predicted molar refractivity (Wildman–Crippen MR) is 82.6 cm³/mol. The number of rotatable bonds is 4. The number of fused-ring (bicyclic) bond motifs is 2. The average Bonchev–Trinajstić information content (AvgIpc) is 3.15. The summed E-state index contributed by atoms with van der Waals surface area (Å²) in [5.41, 5.74) is 1.54. The second kappa shape index (κ2) is 5.79. The Morgan fingerprint density at radius 3 is 2.81 bits per heavy atom. The molecule has 0 spiro atoms. The van der Waals surface area contributed by atoms with E-state index in [0.717, 1.165) is 17.4 Å². The lowest BCUT2D eigenvalue weighted by Gasteiger charge is -2.21. The van der Waals surface area contributed by atoms with Crippen LogP contribution < -0.4 is 5.32 Å². The highest BCUT2D eigenvalue weighted by molar-refractivity contribution is 7.12. The van der Waals surface area contributed by atoms with E-state index in [4.69, 9.17) is 4.74 Å². The summed E-state index contributed by atoms with van der Waals surface area (Å²) in [6, 6.07) is 0. The molecule has 1 amide bonds. The molecule has 0 radical (unpaired) electrons. The molecule has 1 heterocycles. The van der Waals surface area contributed by atoms with Crippen LogP contribution in [0.25, 0.3) is 0 Å². The molecule has 1 aromatic rings. The molecule has 3 atom stereocenters. The second-order valence-corrected chi connectivity index (χ2v) is 7.18. The van der Waals surface area contributed by atoms with E-state index in [9.17, 15) is 9.59 Å². The van der Waals surface area contributed by atoms with E-state index < -0.39 is 0 Å². The van der Waals surface area contributed by atoms with Crippen molar-refractivity contribution in [3.05, 3.63) is 15.8 Å². The summed E-state index contributed by atoms with van der Waals surface area (Å²) in [7, 11) is 1.36. The lowest BCUT2D eigenvalue weighted by molar-refractivity contribution is -0.117. The summed E-state index contributed by atoms with van der Waals surface area (Å²) in [5, 5.41) is 4.81. The first-order valence-electron chi connectivity index (χ1n) is 7.54. The number of esters is 1. The van der Waals surface area contributed by atoms with Gasteiger partial charge < -0.3 is 10.1 Å². The number of methoxy groups -OCH3 is 1. The molecule has 2 saturated carbocycles. The number of nitrogens with one attached hydrogen (secondary N) is 1. The van der Waals surface area contributed by atoms with Crippen molar-refractivity contribution in [2.24, 2.45) is 17.8 Å². The maximum atomic E-state index is 12.3. The van der Waals surface area contributed by atoms with Crippen molar-refractivity contribution in [1.29, 1.82) is 0 Å². The Kier molecular flexibility index (Phi) is 4.02. The maximum Gasteiger partial charge on any atom is 0.350 e. The van der Waals surface area contributed by atoms with Gasteiger partial charge in [-0.25, -0.2) is 4.79 Å². The van der Waals surface area contributed by atoms with E-state index in [2.05, 4.69) is 5.32 Å². The Morgan fingerprint density at radius 1 is 1.38 bits per heavy atom. The Labute approximate surface area is 128 Å². The lowest BCUT2D eigenvalue weighted by atomic mass is 9.86. The highest BCUT2D eigenvalue weighted by Gasteiger charge is 2.40. The molecule has 114 valence electrons. The van der Waals surface area contributed by atoms with E-state index in [-0.39, 0.29) is 11.9 Å². The summed E-state index contributed by atoms with van der Waals surface area (Å²) < 4.78 is 4.77. The summed E-state index contributed by atoms with van der Waals surface area (Å²) in [6.07, 6.45) is 5.72. The number of carbonyl (C=O) groups is 2. The van der Waals surface area contributed by atoms with E-state index >= 15 is 0 Å². The quantitative estimate of drug-likeness (QED) is 0.865. The number of amides is 1. The topological polar surface area (TPSA) is 55.4 Å². The summed E-state index contributed by atoms with van der Waals surface area (Å²) in [5.74, 6) is 1.76. The third-order valence-corrected chi connectivity index (χ3v) is 6.02. The van der Waals surface area contributed by atoms with Gasteiger partial charge in [-0.3, -0.25) is 4.79 Å². The van der Waals surface area contributed by atoms with E-state index in [0.29, 0.717) is 22.9 Å². The van der Waals surface area contributed by atoms with Crippen molar-refractivity contribution in [1.82, 2.24) is 0 Å². The standard InChI is InChI=1S/C16H21NO3S/c1-9-8-21-15(16(19)20-2)14(9)17-13(18)7-12-6-10-3-4-11(12)5-10/h8,10-12H,3-7H2,1-2H3,(H,17,18). The molecule has 0 saturated heterocycles. The molecule has 3 unspecified atom stereocenters. The molecule has 4 nitrogen and oxygen atoms in total.